The maximum atomic E-state index is 10.9. The van der Waals surface area contributed by atoms with Crippen molar-refractivity contribution in [2.45, 2.75) is 20.8 Å². The predicted molar refractivity (Wildman–Crippen MR) is 97.1 cm³/mol. The summed E-state index contributed by atoms with van der Waals surface area (Å²) in [6.07, 6.45) is 0. The first kappa shape index (κ1) is 16.6. The molecular formula is C20H18N2O3. The highest BCUT2D eigenvalue weighted by Crippen LogP contribution is 2.31. The lowest BCUT2D eigenvalue weighted by molar-refractivity contribution is -0.385. The van der Waals surface area contributed by atoms with Crippen molar-refractivity contribution in [1.82, 2.24) is 4.98 Å². The van der Waals surface area contributed by atoms with Gasteiger partial charge in [0.15, 0.2) is 0 Å². The molecule has 0 aliphatic rings. The van der Waals surface area contributed by atoms with Crippen molar-refractivity contribution >= 4 is 5.69 Å². The largest absolute Gasteiger partial charge is 0.439 e. The van der Waals surface area contributed by atoms with Crippen LogP contribution < -0.4 is 4.74 Å². The molecule has 0 fully saturated rings. The molecule has 0 spiro atoms. The second-order valence-electron chi connectivity index (χ2n) is 5.90. The van der Waals surface area contributed by atoms with E-state index in [0.29, 0.717) is 17.3 Å². The molecule has 0 amide bonds. The molecule has 0 N–H and O–H groups in total. The van der Waals surface area contributed by atoms with Crippen LogP contribution >= 0.6 is 0 Å². The number of hydrogen-bond donors (Lipinski definition) is 0. The van der Waals surface area contributed by atoms with Crippen LogP contribution in [-0.2, 0) is 0 Å². The van der Waals surface area contributed by atoms with Crippen molar-refractivity contribution in [1.29, 1.82) is 0 Å². The van der Waals surface area contributed by atoms with Crippen molar-refractivity contribution in [3.63, 3.8) is 0 Å². The Morgan fingerprint density at radius 1 is 0.920 bits per heavy atom. The highest BCUT2D eigenvalue weighted by Gasteiger charge is 2.13. The number of nitro groups is 1. The van der Waals surface area contributed by atoms with Crippen molar-refractivity contribution in [3.05, 3.63) is 81.5 Å². The second kappa shape index (κ2) is 6.73. The Kier molecular flexibility index (Phi) is 4.48. The van der Waals surface area contributed by atoms with Gasteiger partial charge in [0.25, 0.3) is 5.69 Å². The lowest BCUT2D eigenvalue weighted by Crippen LogP contribution is -1.96. The minimum Gasteiger partial charge on any atom is -0.439 e. The van der Waals surface area contributed by atoms with E-state index in [4.69, 9.17) is 4.74 Å². The molecule has 0 bridgehead atoms. The van der Waals surface area contributed by atoms with Gasteiger partial charge in [-0.15, -0.1) is 0 Å². The summed E-state index contributed by atoms with van der Waals surface area (Å²) in [5, 5.41) is 10.9. The topological polar surface area (TPSA) is 65.3 Å². The van der Waals surface area contributed by atoms with E-state index < -0.39 is 4.92 Å². The number of ether oxygens (including phenoxy) is 1. The van der Waals surface area contributed by atoms with Crippen LogP contribution in [0.3, 0.4) is 0 Å². The minimum atomic E-state index is -0.451. The average molecular weight is 334 g/mol. The van der Waals surface area contributed by atoms with E-state index in [1.54, 1.807) is 6.92 Å². The van der Waals surface area contributed by atoms with E-state index in [1.807, 2.05) is 37.3 Å². The molecule has 0 atom stereocenters. The molecule has 3 aromatic rings. The molecule has 2 aromatic carbocycles. The summed E-state index contributed by atoms with van der Waals surface area (Å²) in [7, 11) is 0. The molecule has 0 radical (unpaired) electrons. The van der Waals surface area contributed by atoms with Gasteiger partial charge in [-0.1, -0.05) is 30.3 Å². The number of benzene rings is 2. The first-order chi connectivity index (χ1) is 12.0. The van der Waals surface area contributed by atoms with E-state index >= 15 is 0 Å². The van der Waals surface area contributed by atoms with Crippen LogP contribution in [0.5, 0.6) is 11.6 Å². The molecule has 3 rings (SSSR count). The highest BCUT2D eigenvalue weighted by molar-refractivity contribution is 5.71. The highest BCUT2D eigenvalue weighted by atomic mass is 16.6. The monoisotopic (exact) mass is 334 g/mol. The lowest BCUT2D eigenvalue weighted by atomic mass is 9.97. The van der Waals surface area contributed by atoms with Gasteiger partial charge in [-0.05, 0) is 55.2 Å². The number of hydrogen-bond acceptors (Lipinski definition) is 4. The fraction of sp³-hybridized carbons (Fsp3) is 0.150. The Morgan fingerprint density at radius 3 is 2.28 bits per heavy atom. The first-order valence-corrected chi connectivity index (χ1v) is 7.92. The number of aromatic nitrogens is 1. The lowest BCUT2D eigenvalue weighted by Gasteiger charge is -2.12. The third-order valence-corrected chi connectivity index (χ3v) is 4.08. The molecule has 5 heteroatoms. The summed E-state index contributed by atoms with van der Waals surface area (Å²) >= 11 is 0. The predicted octanol–water partition coefficient (Wildman–Crippen LogP) is 5.37. The van der Waals surface area contributed by atoms with Crippen LogP contribution in [-0.4, -0.2) is 9.91 Å². The van der Waals surface area contributed by atoms with Gasteiger partial charge in [0.2, 0.25) is 5.88 Å². The smallest absolute Gasteiger partial charge is 0.290 e. The van der Waals surface area contributed by atoms with Gasteiger partial charge in [0.1, 0.15) is 11.4 Å². The van der Waals surface area contributed by atoms with E-state index in [1.165, 1.54) is 23.3 Å². The summed E-state index contributed by atoms with van der Waals surface area (Å²) in [5.74, 6) is 0.988. The Balaban J connectivity index is 1.88. The summed E-state index contributed by atoms with van der Waals surface area (Å²) in [6, 6.07) is 17.0. The summed E-state index contributed by atoms with van der Waals surface area (Å²) in [5.41, 5.74) is 4.96. The Hall–Kier alpha value is -3.21. The fourth-order valence-electron chi connectivity index (χ4n) is 2.78. The third kappa shape index (κ3) is 3.50. The molecular weight excluding hydrogens is 316 g/mol. The molecule has 0 saturated carbocycles. The third-order valence-electron chi connectivity index (χ3n) is 4.08. The molecule has 5 nitrogen and oxygen atoms in total. The SMILES string of the molecule is Cc1ccccc1-c1ccc(Oc2ccc([N+](=O)[O-])c(C)n2)cc1C. The standard InChI is InChI=1S/C20H18N2O3/c1-13-6-4-5-7-17(13)18-9-8-16(12-14(18)2)25-20-11-10-19(22(23)24)15(3)21-20/h4-12H,1-3H3. The average Bonchev–Trinajstić information content (AvgIpc) is 2.56. The van der Waals surface area contributed by atoms with Crippen LogP contribution in [0.4, 0.5) is 5.69 Å². The molecule has 25 heavy (non-hydrogen) atoms. The first-order valence-electron chi connectivity index (χ1n) is 7.92. The van der Waals surface area contributed by atoms with Gasteiger partial charge in [-0.25, -0.2) is 4.98 Å². The van der Waals surface area contributed by atoms with Crippen molar-refractivity contribution in [3.8, 4) is 22.8 Å². The van der Waals surface area contributed by atoms with Crippen LogP contribution in [0.25, 0.3) is 11.1 Å². The number of aryl methyl sites for hydroxylation is 3. The molecule has 126 valence electrons. The fourth-order valence-corrected chi connectivity index (χ4v) is 2.78. The normalized spacial score (nSPS) is 10.5. The van der Waals surface area contributed by atoms with Crippen LogP contribution in [0.1, 0.15) is 16.8 Å². The Morgan fingerprint density at radius 2 is 1.64 bits per heavy atom. The second-order valence-corrected chi connectivity index (χ2v) is 5.90. The molecule has 0 saturated heterocycles. The zero-order valence-corrected chi connectivity index (χ0v) is 14.3. The van der Waals surface area contributed by atoms with E-state index in [0.717, 1.165) is 11.1 Å². The van der Waals surface area contributed by atoms with Gasteiger partial charge < -0.3 is 4.74 Å². The summed E-state index contributed by atoms with van der Waals surface area (Å²) < 4.78 is 5.76. The minimum absolute atomic E-state index is 0.0153. The van der Waals surface area contributed by atoms with E-state index in [9.17, 15) is 10.1 Å². The summed E-state index contributed by atoms with van der Waals surface area (Å²) in [6.45, 7) is 5.71. The molecule has 1 aromatic heterocycles. The van der Waals surface area contributed by atoms with Crippen LogP contribution in [0, 0.1) is 30.9 Å². The van der Waals surface area contributed by atoms with Gasteiger partial charge >= 0.3 is 0 Å². The Bertz CT molecular complexity index is 951. The zero-order chi connectivity index (χ0) is 18.0. The maximum Gasteiger partial charge on any atom is 0.290 e. The van der Waals surface area contributed by atoms with E-state index in [2.05, 4.69) is 24.0 Å². The molecule has 0 aliphatic heterocycles. The van der Waals surface area contributed by atoms with Gasteiger partial charge in [-0.3, -0.25) is 10.1 Å². The molecule has 0 unspecified atom stereocenters. The number of pyridine rings is 1. The van der Waals surface area contributed by atoms with Crippen molar-refractivity contribution in [2.75, 3.05) is 0 Å². The van der Waals surface area contributed by atoms with Gasteiger partial charge in [-0.2, -0.15) is 0 Å². The molecule has 0 aliphatic carbocycles. The van der Waals surface area contributed by atoms with Gasteiger partial charge in [0.05, 0.1) is 4.92 Å². The summed E-state index contributed by atoms with van der Waals surface area (Å²) in [4.78, 5) is 14.6. The quantitative estimate of drug-likeness (QED) is 0.475. The number of nitrogens with zero attached hydrogens (tertiary/aromatic N) is 2. The maximum absolute atomic E-state index is 10.9. The van der Waals surface area contributed by atoms with Crippen molar-refractivity contribution < 1.29 is 9.66 Å². The van der Waals surface area contributed by atoms with Gasteiger partial charge in [0, 0.05) is 12.1 Å². The van der Waals surface area contributed by atoms with Crippen LogP contribution in [0.15, 0.2) is 54.6 Å². The Labute approximate surface area is 146 Å². The van der Waals surface area contributed by atoms with E-state index in [-0.39, 0.29) is 5.69 Å². The molecule has 1 heterocycles. The number of rotatable bonds is 4. The zero-order valence-electron chi connectivity index (χ0n) is 14.3. The van der Waals surface area contributed by atoms with Crippen LogP contribution in [0.2, 0.25) is 0 Å². The van der Waals surface area contributed by atoms with Crippen molar-refractivity contribution in [2.24, 2.45) is 0 Å².